The van der Waals surface area contributed by atoms with Gasteiger partial charge in [-0.1, -0.05) is 38.1 Å². The molecule has 1 aliphatic heterocycles. The van der Waals surface area contributed by atoms with E-state index in [1.807, 2.05) is 0 Å². The molecule has 1 aromatic carbocycles. The number of sulfonamides is 1. The third-order valence-electron chi connectivity index (χ3n) is 3.75. The van der Waals surface area contributed by atoms with Crippen molar-refractivity contribution in [2.24, 2.45) is 11.8 Å². The summed E-state index contributed by atoms with van der Waals surface area (Å²) in [5.74, 6) is 0.843. The maximum Gasteiger partial charge on any atom is 0.218 e. The highest BCUT2D eigenvalue weighted by molar-refractivity contribution is 7.88. The Morgan fingerprint density at radius 2 is 1.80 bits per heavy atom. The van der Waals surface area contributed by atoms with Crippen LogP contribution in [0.5, 0.6) is 0 Å². The maximum absolute atomic E-state index is 12.5. The quantitative estimate of drug-likeness (QED) is 0.924. The summed E-state index contributed by atoms with van der Waals surface area (Å²) in [6.45, 7) is 5.37. The number of rotatable bonds is 4. The Labute approximate surface area is 121 Å². The Balaban J connectivity index is 2.14. The second-order valence-corrected chi connectivity index (χ2v) is 7.97. The Morgan fingerprint density at radius 1 is 1.20 bits per heavy atom. The summed E-state index contributed by atoms with van der Waals surface area (Å²) in [5.41, 5.74) is 1.49. The molecule has 0 aromatic heterocycles. The Kier molecular flexibility index (Phi) is 4.83. The third-order valence-corrected chi connectivity index (χ3v) is 5.53. The van der Waals surface area contributed by atoms with E-state index in [9.17, 15) is 8.42 Å². The van der Waals surface area contributed by atoms with Gasteiger partial charge in [0.05, 0.1) is 12.4 Å². The van der Waals surface area contributed by atoms with E-state index < -0.39 is 10.0 Å². The summed E-state index contributed by atoms with van der Waals surface area (Å²) < 4.78 is 26.6. The predicted octanol–water partition coefficient (Wildman–Crippen LogP) is 1.99. The molecule has 2 atom stereocenters. The van der Waals surface area contributed by atoms with Crippen molar-refractivity contribution in [1.82, 2.24) is 4.31 Å². The molecule has 0 spiro atoms. The number of nitrogens with zero attached hydrogens (tertiary/aromatic N) is 1. The summed E-state index contributed by atoms with van der Waals surface area (Å²) in [6, 6.07) is 7.14. The fourth-order valence-corrected chi connectivity index (χ4v) is 4.70. The van der Waals surface area contributed by atoms with Crippen LogP contribution < -0.4 is 0 Å². The van der Waals surface area contributed by atoms with Gasteiger partial charge in [-0.3, -0.25) is 0 Å². The van der Waals surface area contributed by atoms with Crippen LogP contribution in [0.25, 0.3) is 0 Å². The van der Waals surface area contributed by atoms with E-state index in [0.29, 0.717) is 24.9 Å². The highest BCUT2D eigenvalue weighted by Crippen LogP contribution is 2.24. The van der Waals surface area contributed by atoms with E-state index in [4.69, 9.17) is 5.11 Å². The number of hydrogen-bond donors (Lipinski definition) is 1. The van der Waals surface area contributed by atoms with Gasteiger partial charge in [0.15, 0.2) is 0 Å². The standard InChI is InChI=1S/C15H23NO3S/c1-12-6-13(2)9-16(8-12)20(18,19)11-15-5-3-4-14(7-15)10-17/h3-5,7,12-13,17H,6,8-11H2,1-2H3. The number of piperidine rings is 1. The van der Waals surface area contributed by atoms with Crippen LogP contribution in [0.2, 0.25) is 0 Å². The highest BCUT2D eigenvalue weighted by atomic mass is 32.2. The lowest BCUT2D eigenvalue weighted by Crippen LogP contribution is -2.43. The molecule has 1 heterocycles. The molecule has 0 amide bonds. The van der Waals surface area contributed by atoms with Crippen molar-refractivity contribution in [3.63, 3.8) is 0 Å². The van der Waals surface area contributed by atoms with E-state index in [1.54, 1.807) is 28.6 Å². The molecule has 1 N–H and O–H groups in total. The first-order chi connectivity index (χ1) is 9.40. The van der Waals surface area contributed by atoms with Crippen LogP contribution in [0, 0.1) is 11.8 Å². The molecule has 1 saturated heterocycles. The SMILES string of the molecule is CC1CC(C)CN(S(=O)(=O)Cc2cccc(CO)c2)C1. The molecule has 0 aliphatic carbocycles. The first-order valence-electron chi connectivity index (χ1n) is 7.07. The second-order valence-electron chi connectivity index (χ2n) is 6.00. The molecule has 20 heavy (non-hydrogen) atoms. The monoisotopic (exact) mass is 297 g/mol. The van der Waals surface area contributed by atoms with Crippen LogP contribution in [0.1, 0.15) is 31.4 Å². The van der Waals surface area contributed by atoms with E-state index in [1.165, 1.54) is 0 Å². The average Bonchev–Trinajstić information content (AvgIpc) is 2.37. The van der Waals surface area contributed by atoms with Gasteiger partial charge in [0.1, 0.15) is 0 Å². The molecule has 2 unspecified atom stereocenters. The molecule has 5 heteroatoms. The van der Waals surface area contributed by atoms with Gasteiger partial charge in [0.2, 0.25) is 10.0 Å². The lowest BCUT2D eigenvalue weighted by atomic mass is 9.94. The van der Waals surface area contributed by atoms with E-state index in [0.717, 1.165) is 17.5 Å². The Morgan fingerprint density at radius 3 is 2.40 bits per heavy atom. The van der Waals surface area contributed by atoms with Gasteiger partial charge in [0, 0.05) is 13.1 Å². The molecule has 0 saturated carbocycles. The maximum atomic E-state index is 12.5. The zero-order valence-corrected chi connectivity index (χ0v) is 12.9. The number of aliphatic hydroxyl groups is 1. The smallest absolute Gasteiger partial charge is 0.218 e. The van der Waals surface area contributed by atoms with Gasteiger partial charge in [-0.25, -0.2) is 12.7 Å². The summed E-state index contributed by atoms with van der Waals surface area (Å²) >= 11 is 0. The van der Waals surface area contributed by atoms with Crippen LogP contribution in [0.15, 0.2) is 24.3 Å². The van der Waals surface area contributed by atoms with Crippen molar-refractivity contribution in [2.75, 3.05) is 13.1 Å². The Bertz CT molecular complexity index is 546. The van der Waals surface area contributed by atoms with Gasteiger partial charge in [0.25, 0.3) is 0 Å². The third kappa shape index (κ3) is 3.81. The minimum atomic E-state index is -3.28. The molecular weight excluding hydrogens is 274 g/mol. The second kappa shape index (κ2) is 6.24. The highest BCUT2D eigenvalue weighted by Gasteiger charge is 2.30. The minimum Gasteiger partial charge on any atom is -0.392 e. The van der Waals surface area contributed by atoms with Crippen LogP contribution in [-0.4, -0.2) is 30.9 Å². The van der Waals surface area contributed by atoms with Gasteiger partial charge in [-0.05, 0) is 29.4 Å². The predicted molar refractivity (Wildman–Crippen MR) is 79.5 cm³/mol. The Hall–Kier alpha value is -0.910. The minimum absolute atomic E-state index is 0.0142. The van der Waals surface area contributed by atoms with Crippen LogP contribution >= 0.6 is 0 Å². The first-order valence-corrected chi connectivity index (χ1v) is 8.68. The molecule has 1 aliphatic rings. The van der Waals surface area contributed by atoms with Crippen molar-refractivity contribution < 1.29 is 13.5 Å². The van der Waals surface area contributed by atoms with Crippen LogP contribution in [0.3, 0.4) is 0 Å². The van der Waals surface area contributed by atoms with Crippen molar-refractivity contribution in [3.05, 3.63) is 35.4 Å². The topological polar surface area (TPSA) is 57.6 Å². The summed E-state index contributed by atoms with van der Waals surface area (Å²) in [4.78, 5) is 0. The fourth-order valence-electron chi connectivity index (χ4n) is 2.95. The van der Waals surface area contributed by atoms with Gasteiger partial charge in [-0.2, -0.15) is 0 Å². The molecule has 2 rings (SSSR count). The lowest BCUT2D eigenvalue weighted by molar-refractivity contribution is 0.222. The number of aliphatic hydroxyl groups excluding tert-OH is 1. The van der Waals surface area contributed by atoms with Crippen molar-refractivity contribution in [1.29, 1.82) is 0 Å². The summed E-state index contributed by atoms with van der Waals surface area (Å²) in [6.07, 6.45) is 1.09. The van der Waals surface area contributed by atoms with E-state index >= 15 is 0 Å². The number of hydrogen-bond acceptors (Lipinski definition) is 3. The first kappa shape index (κ1) is 15.5. The van der Waals surface area contributed by atoms with Gasteiger partial charge in [-0.15, -0.1) is 0 Å². The van der Waals surface area contributed by atoms with Gasteiger partial charge < -0.3 is 5.11 Å². The molecule has 0 bridgehead atoms. The van der Waals surface area contributed by atoms with Crippen molar-refractivity contribution >= 4 is 10.0 Å². The van der Waals surface area contributed by atoms with Crippen molar-refractivity contribution in [2.45, 2.75) is 32.6 Å². The summed E-state index contributed by atoms with van der Waals surface area (Å²) in [7, 11) is -3.28. The molecule has 1 aromatic rings. The fraction of sp³-hybridized carbons (Fsp3) is 0.600. The summed E-state index contributed by atoms with van der Waals surface area (Å²) in [5, 5.41) is 9.12. The molecule has 112 valence electrons. The van der Waals surface area contributed by atoms with Crippen molar-refractivity contribution in [3.8, 4) is 0 Å². The van der Waals surface area contributed by atoms with E-state index in [-0.39, 0.29) is 12.4 Å². The molecule has 1 fully saturated rings. The molecular formula is C15H23NO3S. The molecule has 4 nitrogen and oxygen atoms in total. The largest absolute Gasteiger partial charge is 0.392 e. The number of benzene rings is 1. The average molecular weight is 297 g/mol. The van der Waals surface area contributed by atoms with Crippen LogP contribution in [-0.2, 0) is 22.4 Å². The van der Waals surface area contributed by atoms with Crippen LogP contribution in [0.4, 0.5) is 0 Å². The lowest BCUT2D eigenvalue weighted by Gasteiger charge is -2.34. The normalized spacial score (nSPS) is 24.8. The molecule has 0 radical (unpaired) electrons. The zero-order valence-electron chi connectivity index (χ0n) is 12.1. The van der Waals surface area contributed by atoms with E-state index in [2.05, 4.69) is 13.8 Å². The zero-order chi connectivity index (χ0) is 14.8. The van der Waals surface area contributed by atoms with Gasteiger partial charge >= 0.3 is 0 Å².